The Morgan fingerprint density at radius 2 is 2.19 bits per heavy atom. The topological polar surface area (TPSA) is 56.0 Å². The second-order valence-corrected chi connectivity index (χ2v) is 4.57. The van der Waals surface area contributed by atoms with Crippen LogP contribution in [0.4, 0.5) is 0 Å². The zero-order valence-corrected chi connectivity index (χ0v) is 9.97. The van der Waals surface area contributed by atoms with E-state index >= 15 is 0 Å². The number of aryl methyl sites for hydroxylation is 2. The SMILES string of the molecule is Cc1cnc(C)c(C(N)=O)c1-c1cccs1. The zero-order chi connectivity index (χ0) is 11.7. The Morgan fingerprint density at radius 1 is 1.44 bits per heavy atom. The Hall–Kier alpha value is -1.68. The third kappa shape index (κ3) is 1.72. The number of carbonyl (C=O) groups is 1. The van der Waals surface area contributed by atoms with Gasteiger partial charge in [0.15, 0.2) is 0 Å². The molecule has 2 rings (SSSR count). The van der Waals surface area contributed by atoms with Crippen molar-refractivity contribution in [3.05, 3.63) is 40.5 Å². The molecule has 0 aliphatic heterocycles. The highest BCUT2D eigenvalue weighted by atomic mass is 32.1. The number of carbonyl (C=O) groups excluding carboxylic acids is 1. The van der Waals surface area contributed by atoms with Crippen molar-refractivity contribution in [1.82, 2.24) is 4.98 Å². The molecule has 3 nitrogen and oxygen atoms in total. The first-order valence-electron chi connectivity index (χ1n) is 4.91. The minimum atomic E-state index is -0.419. The molecule has 0 aliphatic carbocycles. The third-order valence-electron chi connectivity index (χ3n) is 2.47. The van der Waals surface area contributed by atoms with Crippen molar-refractivity contribution >= 4 is 17.2 Å². The fourth-order valence-corrected chi connectivity index (χ4v) is 2.58. The molecule has 1 amide bonds. The number of pyridine rings is 1. The smallest absolute Gasteiger partial charge is 0.251 e. The molecular formula is C12H12N2OS. The molecule has 2 aromatic heterocycles. The number of amides is 1. The number of hydrogen-bond donors (Lipinski definition) is 1. The van der Waals surface area contributed by atoms with E-state index in [4.69, 9.17) is 5.73 Å². The molecule has 0 fully saturated rings. The summed E-state index contributed by atoms with van der Waals surface area (Å²) in [6.07, 6.45) is 1.77. The lowest BCUT2D eigenvalue weighted by atomic mass is 10.0. The molecule has 0 radical (unpaired) electrons. The highest BCUT2D eigenvalue weighted by molar-refractivity contribution is 7.13. The van der Waals surface area contributed by atoms with Crippen LogP contribution in [-0.4, -0.2) is 10.9 Å². The molecular weight excluding hydrogens is 220 g/mol. The standard InChI is InChI=1S/C12H12N2OS/c1-7-6-14-8(2)11(12(13)15)10(7)9-4-3-5-16-9/h3-6H,1-2H3,(H2,13,15). The predicted molar refractivity (Wildman–Crippen MR) is 65.5 cm³/mol. The fourth-order valence-electron chi connectivity index (χ4n) is 1.74. The van der Waals surface area contributed by atoms with Crippen LogP contribution in [0.15, 0.2) is 23.7 Å². The first kappa shape index (κ1) is 10.8. The van der Waals surface area contributed by atoms with Crippen molar-refractivity contribution in [2.24, 2.45) is 5.73 Å². The number of primary amides is 1. The van der Waals surface area contributed by atoms with E-state index < -0.39 is 5.91 Å². The summed E-state index contributed by atoms with van der Waals surface area (Å²) in [5.74, 6) is -0.419. The van der Waals surface area contributed by atoms with Crippen molar-refractivity contribution in [1.29, 1.82) is 0 Å². The Labute approximate surface area is 97.9 Å². The molecule has 0 bridgehead atoms. The molecule has 16 heavy (non-hydrogen) atoms. The quantitative estimate of drug-likeness (QED) is 0.865. The van der Waals surface area contributed by atoms with E-state index in [2.05, 4.69) is 4.98 Å². The summed E-state index contributed by atoms with van der Waals surface area (Å²) in [7, 11) is 0. The van der Waals surface area contributed by atoms with Crippen molar-refractivity contribution in [2.75, 3.05) is 0 Å². The van der Waals surface area contributed by atoms with Crippen LogP contribution >= 0.6 is 11.3 Å². The second kappa shape index (κ2) is 4.06. The summed E-state index contributed by atoms with van der Waals surface area (Å²) in [4.78, 5) is 16.7. The van der Waals surface area contributed by atoms with E-state index in [1.807, 2.05) is 24.4 Å². The normalized spacial score (nSPS) is 10.4. The molecule has 0 spiro atoms. The minimum Gasteiger partial charge on any atom is -0.366 e. The molecule has 0 saturated carbocycles. The van der Waals surface area contributed by atoms with Crippen LogP contribution in [0.5, 0.6) is 0 Å². The van der Waals surface area contributed by atoms with Gasteiger partial charge in [0.2, 0.25) is 0 Å². The van der Waals surface area contributed by atoms with Crippen LogP contribution in [0.2, 0.25) is 0 Å². The van der Waals surface area contributed by atoms with E-state index in [0.29, 0.717) is 11.3 Å². The molecule has 2 N–H and O–H groups in total. The predicted octanol–water partition coefficient (Wildman–Crippen LogP) is 2.53. The van der Waals surface area contributed by atoms with Gasteiger partial charge in [-0.3, -0.25) is 9.78 Å². The Morgan fingerprint density at radius 3 is 2.75 bits per heavy atom. The summed E-state index contributed by atoms with van der Waals surface area (Å²) in [6, 6.07) is 3.94. The average Bonchev–Trinajstić information content (AvgIpc) is 2.73. The molecule has 2 aromatic rings. The van der Waals surface area contributed by atoms with E-state index in [1.54, 1.807) is 24.5 Å². The van der Waals surface area contributed by atoms with E-state index in [-0.39, 0.29) is 0 Å². The third-order valence-corrected chi connectivity index (χ3v) is 3.36. The van der Waals surface area contributed by atoms with Crippen LogP contribution in [0.3, 0.4) is 0 Å². The molecule has 2 heterocycles. The number of nitrogens with two attached hydrogens (primary N) is 1. The van der Waals surface area contributed by atoms with Gasteiger partial charge in [-0.15, -0.1) is 11.3 Å². The van der Waals surface area contributed by atoms with E-state index in [1.165, 1.54) is 0 Å². The van der Waals surface area contributed by atoms with Gasteiger partial charge >= 0.3 is 0 Å². The second-order valence-electron chi connectivity index (χ2n) is 3.62. The first-order chi connectivity index (χ1) is 7.61. The van der Waals surface area contributed by atoms with Gasteiger partial charge in [-0.2, -0.15) is 0 Å². The number of aromatic nitrogens is 1. The van der Waals surface area contributed by atoms with Crippen LogP contribution in [0.1, 0.15) is 21.6 Å². The lowest BCUT2D eigenvalue weighted by molar-refractivity contribution is 0.1000. The Kier molecular flexibility index (Phi) is 2.75. The van der Waals surface area contributed by atoms with Crippen LogP contribution < -0.4 is 5.73 Å². The number of thiophene rings is 1. The van der Waals surface area contributed by atoms with Crippen LogP contribution in [0, 0.1) is 13.8 Å². The summed E-state index contributed by atoms with van der Waals surface area (Å²) in [6.45, 7) is 3.74. The van der Waals surface area contributed by atoms with Crippen molar-refractivity contribution < 1.29 is 4.79 Å². The van der Waals surface area contributed by atoms with Crippen molar-refractivity contribution in [3.8, 4) is 10.4 Å². The summed E-state index contributed by atoms with van der Waals surface area (Å²) in [5.41, 5.74) is 8.51. The lowest BCUT2D eigenvalue weighted by Crippen LogP contribution is -2.15. The summed E-state index contributed by atoms with van der Waals surface area (Å²) in [5, 5.41) is 1.98. The van der Waals surface area contributed by atoms with Gasteiger partial charge in [-0.25, -0.2) is 0 Å². The molecule has 0 atom stereocenters. The monoisotopic (exact) mass is 232 g/mol. The molecule has 82 valence electrons. The van der Waals surface area contributed by atoms with Crippen LogP contribution in [0.25, 0.3) is 10.4 Å². The zero-order valence-electron chi connectivity index (χ0n) is 9.15. The largest absolute Gasteiger partial charge is 0.366 e. The van der Waals surface area contributed by atoms with Crippen LogP contribution in [-0.2, 0) is 0 Å². The maximum Gasteiger partial charge on any atom is 0.251 e. The molecule has 0 aromatic carbocycles. The molecule has 4 heteroatoms. The molecule has 0 aliphatic rings. The summed E-state index contributed by atoms with van der Waals surface area (Å²) >= 11 is 1.59. The number of hydrogen-bond acceptors (Lipinski definition) is 3. The average molecular weight is 232 g/mol. The highest BCUT2D eigenvalue weighted by Gasteiger charge is 2.16. The van der Waals surface area contributed by atoms with Gasteiger partial charge in [-0.1, -0.05) is 6.07 Å². The van der Waals surface area contributed by atoms with Gasteiger partial charge in [0.05, 0.1) is 11.3 Å². The molecule has 0 unspecified atom stereocenters. The van der Waals surface area contributed by atoms with Gasteiger partial charge in [-0.05, 0) is 30.9 Å². The highest BCUT2D eigenvalue weighted by Crippen LogP contribution is 2.31. The number of rotatable bonds is 2. The minimum absolute atomic E-state index is 0.419. The van der Waals surface area contributed by atoms with Gasteiger partial charge in [0.25, 0.3) is 5.91 Å². The van der Waals surface area contributed by atoms with E-state index in [0.717, 1.165) is 16.0 Å². The van der Waals surface area contributed by atoms with E-state index in [9.17, 15) is 4.79 Å². The summed E-state index contributed by atoms with van der Waals surface area (Å²) < 4.78 is 0. The Balaban J connectivity index is 2.76. The maximum atomic E-state index is 11.5. The fraction of sp³-hybridized carbons (Fsp3) is 0.167. The van der Waals surface area contributed by atoms with Gasteiger partial charge < -0.3 is 5.73 Å². The number of nitrogens with zero attached hydrogens (tertiary/aromatic N) is 1. The van der Waals surface area contributed by atoms with Gasteiger partial charge in [0, 0.05) is 16.6 Å². The van der Waals surface area contributed by atoms with Gasteiger partial charge in [0.1, 0.15) is 0 Å². The molecule has 0 saturated heterocycles. The lowest BCUT2D eigenvalue weighted by Gasteiger charge is -2.10. The Bertz CT molecular complexity index is 532. The van der Waals surface area contributed by atoms with Crippen molar-refractivity contribution in [2.45, 2.75) is 13.8 Å². The maximum absolute atomic E-state index is 11.5. The first-order valence-corrected chi connectivity index (χ1v) is 5.79. The van der Waals surface area contributed by atoms with Crippen molar-refractivity contribution in [3.63, 3.8) is 0 Å².